The van der Waals surface area contributed by atoms with E-state index >= 15 is 0 Å². The van der Waals surface area contributed by atoms with E-state index in [-0.39, 0.29) is 19.4 Å². The van der Waals surface area contributed by atoms with Crippen LogP contribution in [0.15, 0.2) is 97.2 Å². The summed E-state index contributed by atoms with van der Waals surface area (Å²) in [5, 5.41) is 72.0. The van der Waals surface area contributed by atoms with E-state index in [1.54, 1.807) is 0 Å². The fraction of sp³-hybridized carbons (Fsp3) is 0.660. The molecule has 0 amide bonds. The lowest BCUT2D eigenvalue weighted by Gasteiger charge is -2.42. The quantitative estimate of drug-likeness (QED) is 0.0200. The first-order valence-electron chi connectivity index (χ1n) is 24.8. The average molecular weight is 961 g/mol. The molecule has 0 aromatic carbocycles. The van der Waals surface area contributed by atoms with E-state index in [9.17, 15) is 45.3 Å². The van der Waals surface area contributed by atoms with Gasteiger partial charge in [0, 0.05) is 12.8 Å². The molecule has 2 fully saturated rings. The zero-order valence-corrected chi connectivity index (χ0v) is 40.5. The predicted octanol–water partition coefficient (Wildman–Crippen LogP) is 6.59. The maximum Gasteiger partial charge on any atom is 0.306 e. The van der Waals surface area contributed by atoms with Crippen LogP contribution in [0.5, 0.6) is 0 Å². The highest BCUT2D eigenvalue weighted by Gasteiger charge is 2.47. The second-order valence-corrected chi connectivity index (χ2v) is 16.9. The standard InChI is InChI=1S/C53H84O15/c1-3-5-7-9-11-13-15-17-19-20-22-24-26-28-30-32-34-36-45(56)66-41(38-63-44(55)35-33-31-29-27-25-23-21-18-16-14-12-10-8-6-4-2)39-64-52-51(62)49(60)47(58)43(68-52)40-65-53-50(61)48(59)46(57)42(37-54)67-53/h6,8,11-14,17-19,21-22,24-25,27-28,30,41-43,46-54,57-62H,3-5,7,9-10,15-16,20,23,26,29,31-40H2,1-2H3/b8-6+,13-11+,14-12+,19-17+,21-18+,24-22+,27-25+,30-28+/t41-,42+,43+,46-,47-,48?,49?,50?,51?,52+,53+/m1/s1. The molecule has 0 aromatic rings. The molecule has 2 rings (SSSR count). The Morgan fingerprint density at radius 1 is 0.485 bits per heavy atom. The number of carbonyl (C=O) groups is 2. The monoisotopic (exact) mass is 961 g/mol. The molecule has 15 heteroatoms. The number of hydrogen-bond donors (Lipinski definition) is 7. The summed E-state index contributed by atoms with van der Waals surface area (Å²) in [6.45, 7) is 2.31. The molecular weight excluding hydrogens is 877 g/mol. The van der Waals surface area contributed by atoms with E-state index in [0.717, 1.165) is 64.2 Å². The molecule has 2 saturated heterocycles. The van der Waals surface area contributed by atoms with Crippen LogP contribution in [0.3, 0.4) is 0 Å². The minimum absolute atomic E-state index is 0.0740. The van der Waals surface area contributed by atoms with Crippen LogP contribution in [0.2, 0.25) is 0 Å². The van der Waals surface area contributed by atoms with E-state index in [2.05, 4.69) is 98.9 Å². The molecule has 0 bridgehead atoms. The molecule has 2 aliphatic heterocycles. The number of rotatable bonds is 36. The molecule has 7 N–H and O–H groups in total. The van der Waals surface area contributed by atoms with Gasteiger partial charge in [-0.2, -0.15) is 0 Å². The van der Waals surface area contributed by atoms with E-state index in [1.807, 2.05) is 12.2 Å². The summed E-state index contributed by atoms with van der Waals surface area (Å²) in [7, 11) is 0. The fourth-order valence-electron chi connectivity index (χ4n) is 6.96. The van der Waals surface area contributed by atoms with E-state index in [4.69, 9.17) is 28.4 Å². The number of esters is 2. The molecule has 0 spiro atoms. The number of allylic oxidation sites excluding steroid dienone is 16. The summed E-state index contributed by atoms with van der Waals surface area (Å²) in [5.41, 5.74) is 0. The van der Waals surface area contributed by atoms with Crippen molar-refractivity contribution >= 4 is 11.9 Å². The number of unbranched alkanes of at least 4 members (excludes halogenated alkanes) is 6. The average Bonchev–Trinajstić information content (AvgIpc) is 3.33. The second-order valence-electron chi connectivity index (χ2n) is 16.9. The van der Waals surface area contributed by atoms with Gasteiger partial charge in [0.1, 0.15) is 55.4 Å². The molecule has 0 aromatic heterocycles. The summed E-state index contributed by atoms with van der Waals surface area (Å²) in [6, 6.07) is 0. The van der Waals surface area contributed by atoms with Gasteiger partial charge in [0.25, 0.3) is 0 Å². The number of carbonyl (C=O) groups excluding carboxylic acids is 2. The Morgan fingerprint density at radius 3 is 1.44 bits per heavy atom. The normalized spacial score (nSPS) is 26.6. The highest BCUT2D eigenvalue weighted by atomic mass is 16.7. The third-order valence-electron chi connectivity index (χ3n) is 11.0. The molecule has 2 aliphatic rings. The zero-order valence-electron chi connectivity index (χ0n) is 40.5. The van der Waals surface area contributed by atoms with Crippen LogP contribution in [-0.2, 0) is 38.0 Å². The number of aliphatic hydroxyl groups excluding tert-OH is 7. The van der Waals surface area contributed by atoms with Crippen LogP contribution < -0.4 is 0 Å². The van der Waals surface area contributed by atoms with Crippen molar-refractivity contribution in [2.75, 3.05) is 26.4 Å². The van der Waals surface area contributed by atoms with Gasteiger partial charge in [0.05, 0.1) is 19.8 Å². The highest BCUT2D eigenvalue weighted by molar-refractivity contribution is 5.70. The summed E-state index contributed by atoms with van der Waals surface area (Å²) in [6.07, 6.45) is 31.6. The van der Waals surface area contributed by atoms with Gasteiger partial charge < -0.3 is 64.2 Å². The lowest BCUT2D eigenvalue weighted by Crippen LogP contribution is -2.61. The first kappa shape index (κ1) is 60.5. The van der Waals surface area contributed by atoms with Crippen LogP contribution in [0.4, 0.5) is 0 Å². The Balaban J connectivity index is 1.88. The molecular formula is C53H84O15. The largest absolute Gasteiger partial charge is 0.462 e. The number of aliphatic hydroxyl groups is 7. The van der Waals surface area contributed by atoms with Crippen LogP contribution in [0.1, 0.15) is 129 Å². The molecule has 68 heavy (non-hydrogen) atoms. The van der Waals surface area contributed by atoms with Crippen molar-refractivity contribution in [2.45, 2.75) is 197 Å². The molecule has 15 nitrogen and oxygen atoms in total. The van der Waals surface area contributed by atoms with E-state index in [0.29, 0.717) is 19.3 Å². The van der Waals surface area contributed by atoms with Crippen molar-refractivity contribution in [1.29, 1.82) is 0 Å². The molecule has 0 aliphatic carbocycles. The van der Waals surface area contributed by atoms with Crippen molar-refractivity contribution in [2.24, 2.45) is 0 Å². The highest BCUT2D eigenvalue weighted by Crippen LogP contribution is 2.26. The molecule has 0 radical (unpaired) electrons. The zero-order chi connectivity index (χ0) is 49.6. The Hall–Kier alpha value is -3.58. The van der Waals surface area contributed by atoms with Gasteiger partial charge in [-0.1, -0.05) is 124 Å². The maximum absolute atomic E-state index is 13.0. The van der Waals surface area contributed by atoms with E-state index in [1.165, 1.54) is 19.3 Å². The lowest BCUT2D eigenvalue weighted by molar-refractivity contribution is -0.332. The van der Waals surface area contributed by atoms with Crippen LogP contribution >= 0.6 is 0 Å². The molecule has 11 atom stereocenters. The Kier molecular flexibility index (Phi) is 34.9. The third kappa shape index (κ3) is 27.0. The SMILES string of the molecule is CC/C=C/C/C=C/C/C=C/C/C=C/CCCCC(=O)OC[C@H](CO[C@H]1O[C@@H](CO[C@H]2O[C@@H](CO)[C@@H](O)C(O)C2O)[C@@H](O)C(O)C1O)OC(=O)CCC/C=C/C/C=C/C/C=C/C/C=C/CCCCC. The summed E-state index contributed by atoms with van der Waals surface area (Å²) >= 11 is 0. The molecule has 2 heterocycles. The first-order valence-corrected chi connectivity index (χ1v) is 24.8. The van der Waals surface area contributed by atoms with Crippen molar-refractivity contribution in [3.05, 3.63) is 97.2 Å². The Labute approximate surface area is 405 Å². The Bertz CT molecular complexity index is 1550. The topological polar surface area (TPSA) is 231 Å². The van der Waals surface area contributed by atoms with Gasteiger partial charge in [0.15, 0.2) is 18.7 Å². The number of hydrogen-bond acceptors (Lipinski definition) is 15. The van der Waals surface area contributed by atoms with E-state index < -0.39 is 99.3 Å². The van der Waals surface area contributed by atoms with Crippen LogP contribution in [-0.4, -0.2) is 142 Å². The van der Waals surface area contributed by atoms with Crippen molar-refractivity contribution in [3.8, 4) is 0 Å². The van der Waals surface area contributed by atoms with Crippen LogP contribution in [0.25, 0.3) is 0 Å². The van der Waals surface area contributed by atoms with Gasteiger partial charge in [-0.3, -0.25) is 9.59 Å². The smallest absolute Gasteiger partial charge is 0.306 e. The third-order valence-corrected chi connectivity index (χ3v) is 11.0. The van der Waals surface area contributed by atoms with Crippen molar-refractivity contribution < 1.29 is 73.8 Å². The van der Waals surface area contributed by atoms with Crippen molar-refractivity contribution in [1.82, 2.24) is 0 Å². The molecule has 4 unspecified atom stereocenters. The van der Waals surface area contributed by atoms with Gasteiger partial charge in [-0.25, -0.2) is 0 Å². The number of ether oxygens (including phenoxy) is 6. The Morgan fingerprint density at radius 2 is 0.926 bits per heavy atom. The molecule has 0 saturated carbocycles. The van der Waals surface area contributed by atoms with Crippen molar-refractivity contribution in [3.63, 3.8) is 0 Å². The lowest BCUT2D eigenvalue weighted by atomic mass is 9.98. The maximum atomic E-state index is 13.0. The fourth-order valence-corrected chi connectivity index (χ4v) is 6.96. The minimum atomic E-state index is -1.79. The predicted molar refractivity (Wildman–Crippen MR) is 261 cm³/mol. The van der Waals surface area contributed by atoms with Gasteiger partial charge in [-0.15, -0.1) is 0 Å². The van der Waals surface area contributed by atoms with Gasteiger partial charge in [0.2, 0.25) is 0 Å². The minimum Gasteiger partial charge on any atom is -0.462 e. The first-order chi connectivity index (χ1) is 33.0. The van der Waals surface area contributed by atoms with Gasteiger partial charge >= 0.3 is 11.9 Å². The summed E-state index contributed by atoms with van der Waals surface area (Å²) in [5.74, 6) is -1.05. The van der Waals surface area contributed by atoms with Crippen LogP contribution in [0, 0.1) is 0 Å². The molecule has 386 valence electrons. The summed E-state index contributed by atoms with van der Waals surface area (Å²) < 4.78 is 33.4. The second kappa shape index (κ2) is 39.2. The summed E-state index contributed by atoms with van der Waals surface area (Å²) in [4.78, 5) is 25.7. The van der Waals surface area contributed by atoms with Gasteiger partial charge in [-0.05, 0) is 89.9 Å².